The molecule has 1 fully saturated rings. The average molecular weight is 463 g/mol. The molecule has 4 aromatic rings. The number of fused-ring (bicyclic) bond motifs is 1. The van der Waals surface area contributed by atoms with Crippen LogP contribution in [0.15, 0.2) is 48.9 Å². The fraction of sp³-hybridized carbons (Fsp3) is 0.174. The van der Waals surface area contributed by atoms with Gasteiger partial charge in [0.2, 0.25) is 0 Å². The third kappa shape index (κ3) is 3.54. The van der Waals surface area contributed by atoms with Crippen LogP contribution in [0.3, 0.4) is 0 Å². The van der Waals surface area contributed by atoms with Crippen LogP contribution >= 0.6 is 11.6 Å². The van der Waals surface area contributed by atoms with E-state index in [-0.39, 0.29) is 23.5 Å². The highest BCUT2D eigenvalue weighted by atomic mass is 35.5. The minimum absolute atomic E-state index is 0.00383. The third-order valence-electron chi connectivity index (χ3n) is 5.70. The number of rotatable bonds is 4. The van der Waals surface area contributed by atoms with E-state index in [1.807, 2.05) is 6.07 Å². The molecule has 1 aliphatic heterocycles. The Morgan fingerprint density at radius 2 is 2.21 bits per heavy atom. The Bertz CT molecular complexity index is 1430. The van der Waals surface area contributed by atoms with Gasteiger partial charge in [0, 0.05) is 29.5 Å². The average Bonchev–Trinajstić information content (AvgIpc) is 3.35. The lowest BCUT2D eigenvalue weighted by atomic mass is 9.92. The van der Waals surface area contributed by atoms with Gasteiger partial charge in [0.1, 0.15) is 11.7 Å². The van der Waals surface area contributed by atoms with Crippen molar-refractivity contribution in [1.82, 2.24) is 19.9 Å². The van der Waals surface area contributed by atoms with E-state index in [0.29, 0.717) is 27.3 Å². The van der Waals surface area contributed by atoms with Crippen molar-refractivity contribution in [2.45, 2.75) is 25.0 Å². The number of halogens is 2. The Morgan fingerprint density at radius 3 is 2.97 bits per heavy atom. The van der Waals surface area contributed by atoms with Gasteiger partial charge in [-0.2, -0.15) is 5.26 Å². The summed E-state index contributed by atoms with van der Waals surface area (Å²) in [5.74, 6) is -1.28. The summed E-state index contributed by atoms with van der Waals surface area (Å²) in [6.07, 6.45) is 4.73. The summed E-state index contributed by atoms with van der Waals surface area (Å²) < 4.78 is 20.6. The van der Waals surface area contributed by atoms with Crippen LogP contribution < -0.4 is 5.32 Å². The molecule has 1 aliphatic rings. The fourth-order valence-electron chi connectivity index (χ4n) is 4.01. The van der Waals surface area contributed by atoms with Crippen molar-refractivity contribution in [3.8, 4) is 17.3 Å². The monoisotopic (exact) mass is 462 g/mol. The number of pyridine rings is 3. The normalized spacial score (nSPS) is 19.9. The number of nitrogens with zero attached hydrogens (tertiary/aromatic N) is 4. The van der Waals surface area contributed by atoms with Gasteiger partial charge in [-0.3, -0.25) is 9.78 Å². The van der Waals surface area contributed by atoms with Crippen molar-refractivity contribution in [1.29, 1.82) is 5.26 Å². The molecular formula is C23H16ClFN6O2. The van der Waals surface area contributed by atoms with E-state index in [2.05, 4.69) is 25.3 Å². The van der Waals surface area contributed by atoms with Gasteiger partial charge in [-0.15, -0.1) is 0 Å². The zero-order valence-corrected chi connectivity index (χ0v) is 18.0. The van der Waals surface area contributed by atoms with Gasteiger partial charge < -0.3 is 15.0 Å². The van der Waals surface area contributed by atoms with Crippen molar-refractivity contribution < 1.29 is 13.9 Å². The lowest BCUT2D eigenvalue weighted by Gasteiger charge is -2.29. The van der Waals surface area contributed by atoms with Crippen LogP contribution in [0.5, 0.6) is 0 Å². The lowest BCUT2D eigenvalue weighted by Crippen LogP contribution is -2.39. The SMILES string of the molecule is CC1(c2ccccn2)OC(=O)CC1Nc1nc(-c2c[nH]c3ncc(Cl)cc23)c(C#N)cc1F. The standard InChI is InChI=1S/C23H16ClFN6O2/c1-23(17-4-2-3-5-27-17)18(8-19(32)33-23)30-22-16(25)6-12(9-26)20(31-22)15-11-29-21-14(15)7-13(24)10-28-21/h2-7,10-11,18H,8H2,1H3,(H,28,29)(H,30,31). The molecule has 0 amide bonds. The second-order valence-corrected chi connectivity index (χ2v) is 8.21. The molecule has 0 spiro atoms. The zero-order valence-electron chi connectivity index (χ0n) is 17.3. The molecule has 2 atom stereocenters. The minimum Gasteiger partial charge on any atom is -0.451 e. The molecular weight excluding hydrogens is 447 g/mol. The maximum Gasteiger partial charge on any atom is 0.309 e. The van der Waals surface area contributed by atoms with Crippen LogP contribution in [-0.2, 0) is 15.1 Å². The second-order valence-electron chi connectivity index (χ2n) is 7.78. The molecule has 2 unspecified atom stereocenters. The van der Waals surface area contributed by atoms with E-state index >= 15 is 0 Å². The van der Waals surface area contributed by atoms with Crippen molar-refractivity contribution in [2.24, 2.45) is 0 Å². The van der Waals surface area contributed by atoms with Crippen molar-refractivity contribution in [3.05, 3.63) is 71.0 Å². The largest absolute Gasteiger partial charge is 0.451 e. The van der Waals surface area contributed by atoms with Gasteiger partial charge in [0.25, 0.3) is 0 Å². The Kier molecular flexibility index (Phi) is 4.95. The maximum atomic E-state index is 15.0. The van der Waals surface area contributed by atoms with Gasteiger partial charge in [-0.25, -0.2) is 14.4 Å². The van der Waals surface area contributed by atoms with Crippen molar-refractivity contribution in [3.63, 3.8) is 0 Å². The number of hydrogen-bond acceptors (Lipinski definition) is 7. The topological polar surface area (TPSA) is 117 Å². The number of aromatic amines is 1. The number of carbonyl (C=O) groups is 1. The summed E-state index contributed by atoms with van der Waals surface area (Å²) in [6, 6.07) is 9.43. The molecule has 1 saturated heterocycles. The zero-order chi connectivity index (χ0) is 23.2. The Hall–Kier alpha value is -4.03. The highest BCUT2D eigenvalue weighted by Crippen LogP contribution is 2.38. The molecule has 2 N–H and O–H groups in total. The number of anilines is 1. The Morgan fingerprint density at radius 1 is 1.36 bits per heavy atom. The fourth-order valence-corrected chi connectivity index (χ4v) is 4.16. The van der Waals surface area contributed by atoms with E-state index in [0.717, 1.165) is 6.07 Å². The summed E-state index contributed by atoms with van der Waals surface area (Å²) in [5, 5.41) is 13.7. The van der Waals surface area contributed by atoms with Crippen LogP contribution in [-0.4, -0.2) is 31.9 Å². The number of esters is 1. The highest BCUT2D eigenvalue weighted by molar-refractivity contribution is 6.31. The molecule has 10 heteroatoms. The highest BCUT2D eigenvalue weighted by Gasteiger charge is 2.48. The molecule has 164 valence electrons. The smallest absolute Gasteiger partial charge is 0.309 e. The molecule has 5 heterocycles. The van der Waals surface area contributed by atoms with Gasteiger partial charge in [0.15, 0.2) is 17.2 Å². The maximum absolute atomic E-state index is 15.0. The Balaban J connectivity index is 1.59. The predicted molar refractivity (Wildman–Crippen MR) is 119 cm³/mol. The molecule has 33 heavy (non-hydrogen) atoms. The van der Waals surface area contributed by atoms with E-state index in [4.69, 9.17) is 16.3 Å². The number of H-pyrrole nitrogens is 1. The minimum atomic E-state index is -1.13. The molecule has 0 aromatic carbocycles. The summed E-state index contributed by atoms with van der Waals surface area (Å²) in [5.41, 5.74) is 0.799. The van der Waals surface area contributed by atoms with Crippen LogP contribution in [0.1, 0.15) is 24.6 Å². The molecule has 5 rings (SSSR count). The first kappa shape index (κ1) is 20.8. The molecule has 4 aromatic heterocycles. The lowest BCUT2D eigenvalue weighted by molar-refractivity contribution is -0.148. The summed E-state index contributed by atoms with van der Waals surface area (Å²) >= 11 is 6.10. The predicted octanol–water partition coefficient (Wildman–Crippen LogP) is 4.33. The van der Waals surface area contributed by atoms with Gasteiger partial charge in [0.05, 0.1) is 34.4 Å². The van der Waals surface area contributed by atoms with E-state index in [1.54, 1.807) is 43.6 Å². The van der Waals surface area contributed by atoms with Crippen LogP contribution in [0.25, 0.3) is 22.3 Å². The van der Waals surface area contributed by atoms with Gasteiger partial charge in [-0.05, 0) is 31.2 Å². The number of cyclic esters (lactones) is 1. The number of carbonyl (C=O) groups excluding carboxylic acids is 1. The molecule has 8 nitrogen and oxygen atoms in total. The van der Waals surface area contributed by atoms with E-state index < -0.39 is 23.4 Å². The number of ether oxygens (including phenoxy) is 1. The molecule has 0 aliphatic carbocycles. The van der Waals surface area contributed by atoms with Crippen LogP contribution in [0.2, 0.25) is 5.02 Å². The van der Waals surface area contributed by atoms with Crippen molar-refractivity contribution in [2.75, 3.05) is 5.32 Å². The summed E-state index contributed by atoms with van der Waals surface area (Å²) in [4.78, 5) is 28.1. The number of hydrogen-bond donors (Lipinski definition) is 2. The first-order valence-electron chi connectivity index (χ1n) is 10.0. The van der Waals surface area contributed by atoms with E-state index in [1.165, 1.54) is 6.20 Å². The van der Waals surface area contributed by atoms with E-state index in [9.17, 15) is 14.4 Å². The van der Waals surface area contributed by atoms with Gasteiger partial charge >= 0.3 is 5.97 Å². The first-order chi connectivity index (χ1) is 15.9. The molecule has 0 bridgehead atoms. The van der Waals surface area contributed by atoms with Crippen LogP contribution in [0.4, 0.5) is 10.2 Å². The summed E-state index contributed by atoms with van der Waals surface area (Å²) in [7, 11) is 0. The third-order valence-corrected chi connectivity index (χ3v) is 5.90. The van der Waals surface area contributed by atoms with Crippen LogP contribution in [0, 0.1) is 17.1 Å². The first-order valence-corrected chi connectivity index (χ1v) is 10.4. The Labute approximate surface area is 192 Å². The molecule has 0 radical (unpaired) electrons. The summed E-state index contributed by atoms with van der Waals surface area (Å²) in [6.45, 7) is 1.72. The second kappa shape index (κ2) is 7.83. The van der Waals surface area contributed by atoms with Crippen molar-refractivity contribution >= 4 is 34.4 Å². The number of nitrogens with one attached hydrogen (secondary N) is 2. The number of aromatic nitrogens is 4. The quantitative estimate of drug-likeness (QED) is 0.433. The number of nitriles is 1. The van der Waals surface area contributed by atoms with Gasteiger partial charge in [-0.1, -0.05) is 17.7 Å². The molecule has 0 saturated carbocycles.